The molecule has 1 heterocycles. The van der Waals surface area contributed by atoms with Gasteiger partial charge in [0.15, 0.2) is 5.69 Å². The van der Waals surface area contributed by atoms with Crippen molar-refractivity contribution in [2.45, 2.75) is 46.3 Å². The first-order chi connectivity index (χ1) is 10.5. The topological polar surface area (TPSA) is 56.1 Å². The summed E-state index contributed by atoms with van der Waals surface area (Å²) in [7, 11) is 0. The molecule has 0 aliphatic carbocycles. The van der Waals surface area contributed by atoms with Crippen LogP contribution in [0.3, 0.4) is 0 Å². The van der Waals surface area contributed by atoms with E-state index in [4.69, 9.17) is 4.74 Å². The van der Waals surface area contributed by atoms with Gasteiger partial charge >= 0.3 is 0 Å². The maximum absolute atomic E-state index is 12.1. The molecule has 1 aromatic carbocycles. The van der Waals surface area contributed by atoms with Crippen molar-refractivity contribution in [3.8, 4) is 5.75 Å². The lowest BCUT2D eigenvalue weighted by Gasteiger charge is -2.12. The van der Waals surface area contributed by atoms with Gasteiger partial charge in [-0.15, -0.1) is 0 Å². The molecule has 0 saturated heterocycles. The third-order valence-electron chi connectivity index (χ3n) is 3.39. The second kappa shape index (κ2) is 7.11. The lowest BCUT2D eigenvalue weighted by Crippen LogP contribution is -2.14. The lowest BCUT2D eigenvalue weighted by molar-refractivity contribution is 0.102. The van der Waals surface area contributed by atoms with Crippen LogP contribution in [-0.4, -0.2) is 21.8 Å². The molecule has 2 aromatic rings. The fraction of sp³-hybridized carbons (Fsp3) is 0.412. The molecule has 118 valence electrons. The predicted molar refractivity (Wildman–Crippen MR) is 87.4 cm³/mol. The maximum atomic E-state index is 12.1. The third kappa shape index (κ3) is 4.10. The molecule has 0 aliphatic heterocycles. The van der Waals surface area contributed by atoms with Crippen molar-refractivity contribution >= 4 is 11.6 Å². The number of anilines is 1. The van der Waals surface area contributed by atoms with E-state index >= 15 is 0 Å². The number of carbonyl (C=O) groups excluding carboxylic acids is 1. The summed E-state index contributed by atoms with van der Waals surface area (Å²) in [4.78, 5) is 12.1. The highest BCUT2D eigenvalue weighted by Gasteiger charge is 2.11. The van der Waals surface area contributed by atoms with Crippen LogP contribution in [0.25, 0.3) is 0 Å². The highest BCUT2D eigenvalue weighted by molar-refractivity contribution is 6.02. The summed E-state index contributed by atoms with van der Waals surface area (Å²) in [5, 5.41) is 7.09. The van der Waals surface area contributed by atoms with Crippen molar-refractivity contribution < 1.29 is 9.53 Å². The standard InChI is InChI=1S/C17H23N3O2/c1-5-13(4)22-15-8-6-14(7-9-15)18-17(21)16-10-11-20(19-16)12(2)3/h6-13H,5H2,1-4H3,(H,18,21)/t13-/m0/s1. The van der Waals surface area contributed by atoms with E-state index in [1.54, 1.807) is 10.7 Å². The Morgan fingerprint density at radius 3 is 2.45 bits per heavy atom. The number of hydrogen-bond donors (Lipinski definition) is 1. The Hall–Kier alpha value is -2.30. The van der Waals surface area contributed by atoms with Crippen LogP contribution < -0.4 is 10.1 Å². The van der Waals surface area contributed by atoms with Crippen molar-refractivity contribution in [1.29, 1.82) is 0 Å². The quantitative estimate of drug-likeness (QED) is 0.880. The molecule has 0 radical (unpaired) electrons. The molecule has 0 saturated carbocycles. The number of benzene rings is 1. The summed E-state index contributed by atoms with van der Waals surface area (Å²) in [5.74, 6) is 0.589. The van der Waals surface area contributed by atoms with E-state index in [9.17, 15) is 4.79 Å². The molecule has 2 rings (SSSR count). The smallest absolute Gasteiger partial charge is 0.276 e. The summed E-state index contributed by atoms with van der Waals surface area (Å²) in [6.07, 6.45) is 2.94. The third-order valence-corrected chi connectivity index (χ3v) is 3.39. The van der Waals surface area contributed by atoms with Gasteiger partial charge in [-0.3, -0.25) is 9.48 Å². The van der Waals surface area contributed by atoms with E-state index in [2.05, 4.69) is 17.3 Å². The Kier molecular flexibility index (Phi) is 5.20. The van der Waals surface area contributed by atoms with Crippen LogP contribution in [0.5, 0.6) is 5.75 Å². The number of nitrogens with zero attached hydrogens (tertiary/aromatic N) is 2. The molecule has 22 heavy (non-hydrogen) atoms. The van der Waals surface area contributed by atoms with Gasteiger partial charge in [0, 0.05) is 17.9 Å². The zero-order valence-electron chi connectivity index (χ0n) is 13.5. The molecule has 0 spiro atoms. The second-order valence-electron chi connectivity index (χ2n) is 5.59. The van der Waals surface area contributed by atoms with Crippen LogP contribution in [-0.2, 0) is 0 Å². The maximum Gasteiger partial charge on any atom is 0.276 e. The fourth-order valence-electron chi connectivity index (χ4n) is 1.87. The molecule has 5 heteroatoms. The van der Waals surface area contributed by atoms with Crippen molar-refractivity contribution in [2.24, 2.45) is 0 Å². The summed E-state index contributed by atoms with van der Waals surface area (Å²) >= 11 is 0. The minimum absolute atomic E-state index is 0.181. The van der Waals surface area contributed by atoms with Crippen molar-refractivity contribution in [3.05, 3.63) is 42.2 Å². The van der Waals surface area contributed by atoms with Gasteiger partial charge in [0.25, 0.3) is 5.91 Å². The van der Waals surface area contributed by atoms with Crippen LogP contribution >= 0.6 is 0 Å². The number of nitrogens with one attached hydrogen (secondary N) is 1. The van der Waals surface area contributed by atoms with E-state index in [-0.39, 0.29) is 18.1 Å². The fourth-order valence-corrected chi connectivity index (χ4v) is 1.87. The van der Waals surface area contributed by atoms with Crippen LogP contribution in [0.4, 0.5) is 5.69 Å². The average molecular weight is 301 g/mol. The summed E-state index contributed by atoms with van der Waals surface area (Å²) in [6, 6.07) is 9.32. The highest BCUT2D eigenvalue weighted by Crippen LogP contribution is 2.18. The van der Waals surface area contributed by atoms with E-state index < -0.39 is 0 Å². The summed E-state index contributed by atoms with van der Waals surface area (Å²) in [5.41, 5.74) is 1.13. The van der Waals surface area contributed by atoms with E-state index in [0.29, 0.717) is 5.69 Å². The normalized spacial score (nSPS) is 12.2. The van der Waals surface area contributed by atoms with Crippen LogP contribution in [0, 0.1) is 0 Å². The van der Waals surface area contributed by atoms with Crippen LogP contribution in [0.2, 0.25) is 0 Å². The molecule has 5 nitrogen and oxygen atoms in total. The number of ether oxygens (including phenoxy) is 1. The second-order valence-corrected chi connectivity index (χ2v) is 5.59. The van der Waals surface area contributed by atoms with E-state index in [1.807, 2.05) is 51.2 Å². The number of aromatic nitrogens is 2. The summed E-state index contributed by atoms with van der Waals surface area (Å²) < 4.78 is 7.47. The zero-order chi connectivity index (χ0) is 16.1. The lowest BCUT2D eigenvalue weighted by atomic mass is 10.2. The van der Waals surface area contributed by atoms with Crippen molar-refractivity contribution in [3.63, 3.8) is 0 Å². The first kappa shape index (κ1) is 16.1. The highest BCUT2D eigenvalue weighted by atomic mass is 16.5. The van der Waals surface area contributed by atoms with Gasteiger partial charge in [-0.2, -0.15) is 5.10 Å². The largest absolute Gasteiger partial charge is 0.491 e. The number of amides is 1. The predicted octanol–water partition coefficient (Wildman–Crippen LogP) is 3.89. The van der Waals surface area contributed by atoms with Gasteiger partial charge in [-0.1, -0.05) is 6.92 Å². The van der Waals surface area contributed by atoms with Gasteiger partial charge < -0.3 is 10.1 Å². The zero-order valence-corrected chi connectivity index (χ0v) is 13.5. The first-order valence-electron chi connectivity index (χ1n) is 7.62. The minimum Gasteiger partial charge on any atom is -0.491 e. The Morgan fingerprint density at radius 2 is 1.91 bits per heavy atom. The Balaban J connectivity index is 1.99. The van der Waals surface area contributed by atoms with E-state index in [1.165, 1.54) is 0 Å². The number of hydrogen-bond acceptors (Lipinski definition) is 3. The van der Waals surface area contributed by atoms with Gasteiger partial charge in [0.1, 0.15) is 5.75 Å². The Labute approximate surface area is 131 Å². The van der Waals surface area contributed by atoms with Crippen LogP contribution in [0.15, 0.2) is 36.5 Å². The SMILES string of the molecule is CC[C@H](C)Oc1ccc(NC(=O)c2ccn(C(C)C)n2)cc1. The molecule has 1 atom stereocenters. The van der Waals surface area contributed by atoms with Crippen molar-refractivity contribution in [1.82, 2.24) is 9.78 Å². The molecule has 0 bridgehead atoms. The Bertz CT molecular complexity index is 617. The van der Waals surface area contributed by atoms with Crippen LogP contribution in [0.1, 0.15) is 50.6 Å². The molecule has 1 amide bonds. The molecular weight excluding hydrogens is 278 g/mol. The minimum atomic E-state index is -0.213. The molecule has 1 N–H and O–H groups in total. The Morgan fingerprint density at radius 1 is 1.23 bits per heavy atom. The first-order valence-corrected chi connectivity index (χ1v) is 7.62. The molecular formula is C17H23N3O2. The number of carbonyl (C=O) groups is 1. The number of rotatable bonds is 6. The molecule has 0 unspecified atom stereocenters. The molecule has 0 aliphatic rings. The van der Waals surface area contributed by atoms with Gasteiger partial charge in [-0.25, -0.2) is 0 Å². The monoisotopic (exact) mass is 301 g/mol. The summed E-state index contributed by atoms with van der Waals surface area (Å²) in [6.45, 7) is 8.14. The molecule has 0 fully saturated rings. The van der Waals surface area contributed by atoms with Gasteiger partial charge in [0.2, 0.25) is 0 Å². The van der Waals surface area contributed by atoms with Gasteiger partial charge in [-0.05, 0) is 57.5 Å². The molecule has 1 aromatic heterocycles. The van der Waals surface area contributed by atoms with Gasteiger partial charge in [0.05, 0.1) is 6.10 Å². The van der Waals surface area contributed by atoms with Crippen molar-refractivity contribution in [2.75, 3.05) is 5.32 Å². The average Bonchev–Trinajstić information content (AvgIpc) is 2.99. The van der Waals surface area contributed by atoms with E-state index in [0.717, 1.165) is 17.9 Å².